The lowest BCUT2D eigenvalue weighted by Crippen LogP contribution is -2.47. The zero-order chi connectivity index (χ0) is 18.5. The van der Waals surface area contributed by atoms with Crippen LogP contribution in [0.1, 0.15) is 54.0 Å². The molecule has 1 aromatic carbocycles. The minimum Gasteiger partial charge on any atom is -0.340 e. The van der Waals surface area contributed by atoms with Gasteiger partial charge in [0.2, 0.25) is 5.91 Å². The fraction of sp³-hybridized carbons (Fsp3) is 0.450. The molecule has 1 aromatic heterocycles. The van der Waals surface area contributed by atoms with E-state index in [-0.39, 0.29) is 17.7 Å². The summed E-state index contributed by atoms with van der Waals surface area (Å²) in [6, 6.07) is 8.34. The molecule has 1 atom stereocenters. The van der Waals surface area contributed by atoms with Crippen molar-refractivity contribution in [1.82, 2.24) is 10.3 Å². The Labute approximate surface area is 158 Å². The molecule has 1 aliphatic rings. The van der Waals surface area contributed by atoms with E-state index in [0.29, 0.717) is 10.7 Å². The maximum absolute atomic E-state index is 12.7. The number of fused-ring (bicyclic) bond motifs is 1. The molecule has 138 valence electrons. The SMILES string of the molecule is CC(C)C(NC(=O)c1ccccc1)C(=O)Nc1nc2c(s1)CCCCC2. The van der Waals surface area contributed by atoms with Crippen molar-refractivity contribution in [3.8, 4) is 0 Å². The van der Waals surface area contributed by atoms with E-state index in [0.717, 1.165) is 25.0 Å². The highest BCUT2D eigenvalue weighted by Gasteiger charge is 2.26. The van der Waals surface area contributed by atoms with E-state index in [1.165, 1.54) is 17.7 Å². The van der Waals surface area contributed by atoms with Crippen molar-refractivity contribution in [1.29, 1.82) is 0 Å². The van der Waals surface area contributed by atoms with Crippen LogP contribution >= 0.6 is 11.3 Å². The number of carbonyl (C=O) groups excluding carboxylic acids is 2. The van der Waals surface area contributed by atoms with Crippen LogP contribution in [-0.4, -0.2) is 22.8 Å². The smallest absolute Gasteiger partial charge is 0.251 e. The maximum atomic E-state index is 12.7. The van der Waals surface area contributed by atoms with Gasteiger partial charge in [0, 0.05) is 10.4 Å². The molecule has 1 aliphatic carbocycles. The van der Waals surface area contributed by atoms with Gasteiger partial charge in [-0.1, -0.05) is 38.5 Å². The topological polar surface area (TPSA) is 71.1 Å². The number of thiazole rings is 1. The van der Waals surface area contributed by atoms with Gasteiger partial charge in [0.05, 0.1) is 5.69 Å². The summed E-state index contributed by atoms with van der Waals surface area (Å²) >= 11 is 1.57. The van der Waals surface area contributed by atoms with Crippen LogP contribution < -0.4 is 10.6 Å². The number of carbonyl (C=O) groups is 2. The lowest BCUT2D eigenvalue weighted by molar-refractivity contribution is -0.118. The first-order chi connectivity index (χ1) is 12.5. The molecular formula is C20H25N3O2S. The van der Waals surface area contributed by atoms with Gasteiger partial charge in [-0.2, -0.15) is 0 Å². The predicted octanol–water partition coefficient (Wildman–Crippen LogP) is 3.81. The summed E-state index contributed by atoms with van der Waals surface area (Å²) < 4.78 is 0. The molecule has 1 heterocycles. The van der Waals surface area contributed by atoms with Crippen molar-refractivity contribution in [3.63, 3.8) is 0 Å². The molecule has 5 nitrogen and oxygen atoms in total. The van der Waals surface area contributed by atoms with E-state index in [1.807, 2.05) is 32.0 Å². The lowest BCUT2D eigenvalue weighted by Gasteiger charge is -2.21. The second-order valence-corrected chi connectivity index (χ2v) is 8.08. The largest absolute Gasteiger partial charge is 0.340 e. The summed E-state index contributed by atoms with van der Waals surface area (Å²) in [6.07, 6.45) is 5.61. The number of aryl methyl sites for hydroxylation is 2. The van der Waals surface area contributed by atoms with Gasteiger partial charge >= 0.3 is 0 Å². The van der Waals surface area contributed by atoms with Crippen LogP contribution in [-0.2, 0) is 17.6 Å². The molecule has 3 rings (SSSR count). The highest BCUT2D eigenvalue weighted by Crippen LogP contribution is 2.29. The number of anilines is 1. The van der Waals surface area contributed by atoms with Crippen molar-refractivity contribution in [2.24, 2.45) is 5.92 Å². The van der Waals surface area contributed by atoms with Gasteiger partial charge in [0.15, 0.2) is 5.13 Å². The number of rotatable bonds is 5. The molecule has 0 fully saturated rings. The molecule has 0 aliphatic heterocycles. The zero-order valence-electron chi connectivity index (χ0n) is 15.2. The minimum absolute atomic E-state index is 0.0274. The van der Waals surface area contributed by atoms with E-state index in [9.17, 15) is 9.59 Å². The molecule has 0 saturated heterocycles. The fourth-order valence-corrected chi connectivity index (χ4v) is 4.17. The molecule has 0 spiro atoms. The van der Waals surface area contributed by atoms with Gasteiger partial charge in [-0.3, -0.25) is 9.59 Å². The molecule has 0 bridgehead atoms. The van der Waals surface area contributed by atoms with Crippen molar-refractivity contribution in [3.05, 3.63) is 46.5 Å². The molecule has 2 N–H and O–H groups in total. The van der Waals surface area contributed by atoms with Crippen LogP contribution in [0.2, 0.25) is 0 Å². The maximum Gasteiger partial charge on any atom is 0.251 e. The number of nitrogens with one attached hydrogen (secondary N) is 2. The average molecular weight is 372 g/mol. The Morgan fingerprint density at radius 1 is 1.08 bits per heavy atom. The second kappa shape index (κ2) is 8.45. The Balaban J connectivity index is 1.68. The van der Waals surface area contributed by atoms with E-state index in [4.69, 9.17) is 0 Å². The van der Waals surface area contributed by atoms with Crippen molar-refractivity contribution in [2.45, 2.75) is 52.0 Å². The Morgan fingerprint density at radius 3 is 2.54 bits per heavy atom. The standard InChI is InChI=1S/C20H25N3O2S/c1-13(2)17(22-18(24)14-9-5-3-6-10-14)19(25)23-20-21-15-11-7-4-8-12-16(15)26-20/h3,5-6,9-10,13,17H,4,7-8,11-12H2,1-2H3,(H,22,24)(H,21,23,25). The van der Waals surface area contributed by atoms with Crippen LogP contribution in [0.15, 0.2) is 30.3 Å². The Morgan fingerprint density at radius 2 is 1.81 bits per heavy atom. The summed E-state index contributed by atoms with van der Waals surface area (Å²) in [5, 5.41) is 6.40. The summed E-state index contributed by atoms with van der Waals surface area (Å²) in [7, 11) is 0. The number of amides is 2. The molecule has 1 unspecified atom stereocenters. The van der Waals surface area contributed by atoms with Crippen LogP contribution in [0.5, 0.6) is 0 Å². The van der Waals surface area contributed by atoms with Gasteiger partial charge in [-0.05, 0) is 43.7 Å². The monoisotopic (exact) mass is 371 g/mol. The minimum atomic E-state index is -0.605. The first-order valence-electron chi connectivity index (χ1n) is 9.20. The first kappa shape index (κ1) is 18.6. The summed E-state index contributed by atoms with van der Waals surface area (Å²) in [5.74, 6) is -0.483. The van der Waals surface area contributed by atoms with Crippen LogP contribution in [0.25, 0.3) is 0 Å². The molecule has 0 radical (unpaired) electrons. The van der Waals surface area contributed by atoms with E-state index < -0.39 is 6.04 Å². The summed E-state index contributed by atoms with van der Waals surface area (Å²) in [5.41, 5.74) is 1.67. The summed E-state index contributed by atoms with van der Waals surface area (Å²) in [4.78, 5) is 31.0. The molecule has 26 heavy (non-hydrogen) atoms. The number of benzene rings is 1. The fourth-order valence-electron chi connectivity index (χ4n) is 3.11. The number of nitrogens with zero attached hydrogens (tertiary/aromatic N) is 1. The van der Waals surface area contributed by atoms with Gasteiger partial charge in [-0.15, -0.1) is 11.3 Å². The van der Waals surface area contributed by atoms with Crippen LogP contribution in [0, 0.1) is 5.92 Å². The normalized spacial score (nSPS) is 15.0. The van der Waals surface area contributed by atoms with Crippen LogP contribution in [0.4, 0.5) is 5.13 Å². The average Bonchev–Trinajstić information content (AvgIpc) is 2.87. The van der Waals surface area contributed by atoms with Crippen molar-refractivity contribution >= 4 is 28.3 Å². The molecule has 2 amide bonds. The van der Waals surface area contributed by atoms with Gasteiger partial charge < -0.3 is 10.6 Å². The third kappa shape index (κ3) is 4.49. The van der Waals surface area contributed by atoms with Crippen LogP contribution in [0.3, 0.4) is 0 Å². The highest BCUT2D eigenvalue weighted by molar-refractivity contribution is 7.15. The number of aromatic nitrogens is 1. The van der Waals surface area contributed by atoms with Gasteiger partial charge in [0.1, 0.15) is 6.04 Å². The zero-order valence-corrected chi connectivity index (χ0v) is 16.1. The molecular weight excluding hydrogens is 346 g/mol. The second-order valence-electron chi connectivity index (χ2n) is 7.00. The quantitative estimate of drug-likeness (QED) is 0.785. The third-order valence-electron chi connectivity index (χ3n) is 4.60. The number of hydrogen-bond donors (Lipinski definition) is 2. The number of hydrogen-bond acceptors (Lipinski definition) is 4. The van der Waals surface area contributed by atoms with Crippen molar-refractivity contribution < 1.29 is 9.59 Å². The third-order valence-corrected chi connectivity index (χ3v) is 5.67. The van der Waals surface area contributed by atoms with E-state index in [2.05, 4.69) is 15.6 Å². The molecule has 0 saturated carbocycles. The van der Waals surface area contributed by atoms with Crippen molar-refractivity contribution in [2.75, 3.05) is 5.32 Å². The Hall–Kier alpha value is -2.21. The van der Waals surface area contributed by atoms with Gasteiger partial charge in [-0.25, -0.2) is 4.98 Å². The summed E-state index contributed by atoms with van der Waals surface area (Å²) in [6.45, 7) is 3.85. The molecule has 2 aromatic rings. The Bertz CT molecular complexity index is 747. The van der Waals surface area contributed by atoms with Gasteiger partial charge in [0.25, 0.3) is 5.91 Å². The van der Waals surface area contributed by atoms with E-state index in [1.54, 1.807) is 23.5 Å². The Kier molecular flexibility index (Phi) is 6.04. The van der Waals surface area contributed by atoms with E-state index >= 15 is 0 Å². The highest BCUT2D eigenvalue weighted by atomic mass is 32.1. The lowest BCUT2D eigenvalue weighted by atomic mass is 10.0. The first-order valence-corrected chi connectivity index (χ1v) is 10.0. The molecule has 6 heteroatoms. The predicted molar refractivity (Wildman–Crippen MR) is 105 cm³/mol.